The predicted molar refractivity (Wildman–Crippen MR) is 59.2 cm³/mol. The first-order valence-electron chi connectivity index (χ1n) is 5.32. The minimum atomic E-state index is 0.434. The van der Waals surface area contributed by atoms with Crippen LogP contribution in [0, 0.1) is 6.92 Å². The average molecular weight is 190 g/mol. The molecule has 0 radical (unpaired) electrons. The lowest BCUT2D eigenvalue weighted by atomic mass is 10.0. The van der Waals surface area contributed by atoms with Crippen LogP contribution >= 0.6 is 0 Å². The summed E-state index contributed by atoms with van der Waals surface area (Å²) < 4.78 is 0. The molecule has 1 aromatic carbocycles. The molecule has 0 bridgehead atoms. The first kappa shape index (κ1) is 9.69. The molecule has 2 heteroatoms. The van der Waals surface area contributed by atoms with Gasteiger partial charge in [-0.15, -0.1) is 0 Å². The zero-order valence-corrected chi connectivity index (χ0v) is 8.74. The maximum absolute atomic E-state index is 5.82. The first-order valence-corrected chi connectivity index (χ1v) is 5.32. The van der Waals surface area contributed by atoms with Gasteiger partial charge in [-0.25, -0.2) is 0 Å². The van der Waals surface area contributed by atoms with Gasteiger partial charge in [0.1, 0.15) is 0 Å². The molecular formula is C12H18N2. The number of hydrogen-bond acceptors (Lipinski definition) is 2. The SMILES string of the molecule is Cc1cccc(C(CN)N2CCC2)c1. The quantitative estimate of drug-likeness (QED) is 0.786. The standard InChI is InChI=1S/C12H18N2/c1-10-4-2-5-11(8-10)12(9-13)14-6-3-7-14/h2,4-5,8,12H,3,6-7,9,13H2,1H3. The van der Waals surface area contributed by atoms with Crippen LogP contribution in [0.15, 0.2) is 24.3 Å². The highest BCUT2D eigenvalue weighted by atomic mass is 15.2. The lowest BCUT2D eigenvalue weighted by Crippen LogP contribution is -2.43. The molecule has 0 spiro atoms. The van der Waals surface area contributed by atoms with Crippen molar-refractivity contribution in [2.75, 3.05) is 19.6 Å². The molecule has 0 amide bonds. The van der Waals surface area contributed by atoms with Gasteiger partial charge in [-0.05, 0) is 18.9 Å². The second-order valence-corrected chi connectivity index (χ2v) is 4.06. The maximum Gasteiger partial charge on any atom is 0.0470 e. The first-order chi connectivity index (χ1) is 6.81. The monoisotopic (exact) mass is 190 g/mol. The minimum absolute atomic E-state index is 0.434. The summed E-state index contributed by atoms with van der Waals surface area (Å²) in [5.41, 5.74) is 8.51. The molecule has 0 aliphatic carbocycles. The molecule has 1 aromatic rings. The Morgan fingerprint density at radius 2 is 2.21 bits per heavy atom. The third-order valence-corrected chi connectivity index (χ3v) is 2.98. The van der Waals surface area contributed by atoms with Crippen LogP contribution in [0.5, 0.6) is 0 Å². The maximum atomic E-state index is 5.82. The largest absolute Gasteiger partial charge is 0.329 e. The molecule has 2 N–H and O–H groups in total. The summed E-state index contributed by atoms with van der Waals surface area (Å²) in [7, 11) is 0. The van der Waals surface area contributed by atoms with Crippen LogP contribution in [0.4, 0.5) is 0 Å². The van der Waals surface area contributed by atoms with Crippen molar-refractivity contribution >= 4 is 0 Å². The van der Waals surface area contributed by atoms with Gasteiger partial charge in [0.2, 0.25) is 0 Å². The summed E-state index contributed by atoms with van der Waals surface area (Å²) in [6, 6.07) is 9.11. The van der Waals surface area contributed by atoms with Crippen LogP contribution in [-0.4, -0.2) is 24.5 Å². The van der Waals surface area contributed by atoms with Gasteiger partial charge in [-0.2, -0.15) is 0 Å². The van der Waals surface area contributed by atoms with Gasteiger partial charge in [0.15, 0.2) is 0 Å². The second-order valence-electron chi connectivity index (χ2n) is 4.06. The van der Waals surface area contributed by atoms with Gasteiger partial charge >= 0.3 is 0 Å². The molecular weight excluding hydrogens is 172 g/mol. The summed E-state index contributed by atoms with van der Waals surface area (Å²) >= 11 is 0. The number of benzene rings is 1. The second kappa shape index (κ2) is 4.11. The summed E-state index contributed by atoms with van der Waals surface area (Å²) in [5.74, 6) is 0. The fraction of sp³-hybridized carbons (Fsp3) is 0.500. The molecule has 1 aliphatic heterocycles. The zero-order valence-electron chi connectivity index (χ0n) is 8.74. The molecule has 0 saturated carbocycles. The van der Waals surface area contributed by atoms with E-state index in [4.69, 9.17) is 5.73 Å². The topological polar surface area (TPSA) is 29.3 Å². The highest BCUT2D eigenvalue weighted by molar-refractivity contribution is 5.25. The normalized spacial score (nSPS) is 19.0. The number of nitrogens with zero attached hydrogens (tertiary/aromatic N) is 1. The zero-order chi connectivity index (χ0) is 9.97. The Kier molecular flexibility index (Phi) is 2.85. The lowest BCUT2D eigenvalue weighted by Gasteiger charge is -2.38. The van der Waals surface area contributed by atoms with E-state index in [9.17, 15) is 0 Å². The molecule has 1 unspecified atom stereocenters. The predicted octanol–water partition coefficient (Wildman–Crippen LogP) is 1.70. The van der Waals surface area contributed by atoms with Gasteiger partial charge in [-0.1, -0.05) is 29.8 Å². The Bertz CT molecular complexity index is 305. The van der Waals surface area contributed by atoms with E-state index in [-0.39, 0.29) is 0 Å². The van der Waals surface area contributed by atoms with E-state index in [1.807, 2.05) is 0 Å². The van der Waals surface area contributed by atoms with E-state index in [0.717, 1.165) is 6.54 Å². The molecule has 0 aromatic heterocycles. The van der Waals surface area contributed by atoms with Crippen molar-refractivity contribution in [3.8, 4) is 0 Å². The Morgan fingerprint density at radius 1 is 1.43 bits per heavy atom. The Hall–Kier alpha value is -0.860. The van der Waals surface area contributed by atoms with Crippen molar-refractivity contribution in [2.24, 2.45) is 5.73 Å². The van der Waals surface area contributed by atoms with Gasteiger partial charge in [0.25, 0.3) is 0 Å². The molecule has 1 fully saturated rings. The van der Waals surface area contributed by atoms with Crippen LogP contribution in [0.25, 0.3) is 0 Å². The van der Waals surface area contributed by atoms with Crippen molar-refractivity contribution in [1.82, 2.24) is 4.90 Å². The van der Waals surface area contributed by atoms with Crippen molar-refractivity contribution in [3.05, 3.63) is 35.4 Å². The van der Waals surface area contributed by atoms with E-state index in [1.165, 1.54) is 30.6 Å². The Balaban J connectivity index is 2.17. The molecule has 14 heavy (non-hydrogen) atoms. The molecule has 1 heterocycles. The van der Waals surface area contributed by atoms with E-state index >= 15 is 0 Å². The molecule has 2 nitrogen and oxygen atoms in total. The lowest BCUT2D eigenvalue weighted by molar-refractivity contribution is 0.122. The number of likely N-dealkylation sites (tertiary alicyclic amines) is 1. The average Bonchev–Trinajstić information content (AvgIpc) is 2.10. The van der Waals surface area contributed by atoms with Gasteiger partial charge in [0, 0.05) is 25.7 Å². The molecule has 76 valence electrons. The number of rotatable bonds is 3. The van der Waals surface area contributed by atoms with Crippen molar-refractivity contribution in [1.29, 1.82) is 0 Å². The van der Waals surface area contributed by atoms with Gasteiger partial charge in [0.05, 0.1) is 0 Å². The van der Waals surface area contributed by atoms with Crippen LogP contribution in [0.2, 0.25) is 0 Å². The van der Waals surface area contributed by atoms with Crippen molar-refractivity contribution in [2.45, 2.75) is 19.4 Å². The molecule has 2 rings (SSSR count). The van der Waals surface area contributed by atoms with E-state index < -0.39 is 0 Å². The van der Waals surface area contributed by atoms with Crippen LogP contribution < -0.4 is 5.73 Å². The summed E-state index contributed by atoms with van der Waals surface area (Å²) in [4.78, 5) is 2.45. The highest BCUT2D eigenvalue weighted by Gasteiger charge is 2.23. The third-order valence-electron chi connectivity index (χ3n) is 2.98. The smallest absolute Gasteiger partial charge is 0.0470 e. The van der Waals surface area contributed by atoms with E-state index in [0.29, 0.717) is 6.04 Å². The minimum Gasteiger partial charge on any atom is -0.329 e. The number of hydrogen-bond donors (Lipinski definition) is 1. The van der Waals surface area contributed by atoms with Crippen molar-refractivity contribution < 1.29 is 0 Å². The fourth-order valence-corrected chi connectivity index (χ4v) is 2.03. The fourth-order valence-electron chi connectivity index (χ4n) is 2.03. The molecule has 1 atom stereocenters. The summed E-state index contributed by atoms with van der Waals surface area (Å²) in [5, 5.41) is 0. The molecule has 1 aliphatic rings. The van der Waals surface area contributed by atoms with Crippen LogP contribution in [0.3, 0.4) is 0 Å². The summed E-state index contributed by atoms with van der Waals surface area (Å²) in [6.07, 6.45) is 1.32. The van der Waals surface area contributed by atoms with Gasteiger partial charge < -0.3 is 5.73 Å². The summed E-state index contributed by atoms with van der Waals surface area (Å²) in [6.45, 7) is 5.27. The van der Waals surface area contributed by atoms with Gasteiger partial charge in [-0.3, -0.25) is 4.90 Å². The van der Waals surface area contributed by atoms with Crippen molar-refractivity contribution in [3.63, 3.8) is 0 Å². The Labute approximate surface area is 85.7 Å². The number of aryl methyl sites for hydroxylation is 1. The van der Waals surface area contributed by atoms with E-state index in [1.54, 1.807) is 0 Å². The highest BCUT2D eigenvalue weighted by Crippen LogP contribution is 2.24. The third kappa shape index (κ3) is 1.81. The van der Waals surface area contributed by atoms with Crippen LogP contribution in [0.1, 0.15) is 23.6 Å². The van der Waals surface area contributed by atoms with Crippen LogP contribution in [-0.2, 0) is 0 Å². The van der Waals surface area contributed by atoms with E-state index in [2.05, 4.69) is 36.1 Å². The Morgan fingerprint density at radius 3 is 2.71 bits per heavy atom. The molecule has 1 saturated heterocycles. The number of nitrogens with two attached hydrogens (primary N) is 1.